The van der Waals surface area contributed by atoms with Gasteiger partial charge in [0.25, 0.3) is 10.0 Å². The van der Waals surface area contributed by atoms with Gasteiger partial charge < -0.3 is 10.2 Å². The maximum atomic E-state index is 14.5. The van der Waals surface area contributed by atoms with Crippen LogP contribution in [0.5, 0.6) is 0 Å². The van der Waals surface area contributed by atoms with Gasteiger partial charge in [-0.25, -0.2) is 8.42 Å². The second-order valence-electron chi connectivity index (χ2n) is 12.1. The summed E-state index contributed by atoms with van der Waals surface area (Å²) in [6.45, 7) is 9.01. The Labute approximate surface area is 261 Å². The van der Waals surface area contributed by atoms with Gasteiger partial charge in [0.1, 0.15) is 12.6 Å². The number of anilines is 1. The molecule has 2 amide bonds. The molecular formula is C36H41N3O4S. The number of benzene rings is 4. The van der Waals surface area contributed by atoms with Crippen molar-refractivity contribution in [2.24, 2.45) is 0 Å². The zero-order valence-electron chi connectivity index (χ0n) is 26.0. The van der Waals surface area contributed by atoms with Gasteiger partial charge in [-0.05, 0) is 69.5 Å². The fraction of sp³-hybridized carbons (Fsp3) is 0.278. The Morgan fingerprint density at radius 3 is 1.86 bits per heavy atom. The summed E-state index contributed by atoms with van der Waals surface area (Å²) >= 11 is 0. The first-order valence-corrected chi connectivity index (χ1v) is 16.1. The number of hydrogen-bond acceptors (Lipinski definition) is 4. The second kappa shape index (κ2) is 13.9. The number of amides is 2. The maximum Gasteiger partial charge on any atom is 0.264 e. The number of nitrogens with one attached hydrogen (secondary N) is 1. The first kappa shape index (κ1) is 32.5. The van der Waals surface area contributed by atoms with Crippen molar-refractivity contribution >= 4 is 27.5 Å². The summed E-state index contributed by atoms with van der Waals surface area (Å²) in [5.41, 5.74) is 3.19. The van der Waals surface area contributed by atoms with E-state index >= 15 is 0 Å². The summed E-state index contributed by atoms with van der Waals surface area (Å²) in [6, 6.07) is 31.7. The standard InChI is InChI=1S/C36H41N3O4S/c1-27-20-22-31(23-21-27)44(42,43)39(32-19-13-12-14-28(32)2)26-34(40)38(25-30-17-10-7-11-18-30)33(35(41)37-36(3,4)5)24-29-15-8-6-9-16-29/h6-23,33H,24-26H2,1-5H3,(H,37,41)/t33-/m0/s1. The second-order valence-corrected chi connectivity index (χ2v) is 13.9. The van der Waals surface area contributed by atoms with Crippen LogP contribution in [0.3, 0.4) is 0 Å². The molecule has 1 atom stereocenters. The molecule has 0 aliphatic carbocycles. The third-order valence-electron chi connectivity index (χ3n) is 7.24. The summed E-state index contributed by atoms with van der Waals surface area (Å²) in [7, 11) is -4.14. The van der Waals surface area contributed by atoms with Crippen molar-refractivity contribution in [2.75, 3.05) is 10.8 Å². The molecule has 0 spiro atoms. The molecule has 0 aliphatic heterocycles. The van der Waals surface area contributed by atoms with E-state index in [9.17, 15) is 18.0 Å². The van der Waals surface area contributed by atoms with Crippen LogP contribution in [0.15, 0.2) is 114 Å². The molecule has 0 radical (unpaired) electrons. The van der Waals surface area contributed by atoms with E-state index in [4.69, 9.17) is 0 Å². The number of hydrogen-bond donors (Lipinski definition) is 1. The van der Waals surface area contributed by atoms with Crippen molar-refractivity contribution in [1.29, 1.82) is 0 Å². The van der Waals surface area contributed by atoms with Gasteiger partial charge in [-0.2, -0.15) is 0 Å². The van der Waals surface area contributed by atoms with Gasteiger partial charge in [-0.15, -0.1) is 0 Å². The van der Waals surface area contributed by atoms with Crippen molar-refractivity contribution in [2.45, 2.75) is 64.1 Å². The Bertz CT molecular complexity index is 1670. The molecule has 0 aliphatic rings. The number of carbonyl (C=O) groups excluding carboxylic acids is 2. The summed E-state index contributed by atoms with van der Waals surface area (Å²) in [6.07, 6.45) is 0.260. The molecule has 0 heterocycles. The van der Waals surface area contributed by atoms with Crippen LogP contribution in [0, 0.1) is 13.8 Å². The van der Waals surface area contributed by atoms with Crippen molar-refractivity contribution in [3.05, 3.63) is 131 Å². The Morgan fingerprint density at radius 1 is 0.750 bits per heavy atom. The minimum atomic E-state index is -4.14. The highest BCUT2D eigenvalue weighted by Crippen LogP contribution is 2.28. The smallest absolute Gasteiger partial charge is 0.264 e. The zero-order chi connectivity index (χ0) is 31.9. The Kier molecular flexibility index (Phi) is 10.3. The van der Waals surface area contributed by atoms with Gasteiger partial charge >= 0.3 is 0 Å². The van der Waals surface area contributed by atoms with E-state index in [0.29, 0.717) is 11.3 Å². The largest absolute Gasteiger partial charge is 0.350 e. The van der Waals surface area contributed by atoms with Crippen molar-refractivity contribution in [3.8, 4) is 0 Å². The van der Waals surface area contributed by atoms with Crippen LogP contribution in [0.25, 0.3) is 0 Å². The first-order valence-electron chi connectivity index (χ1n) is 14.7. The van der Waals surface area contributed by atoms with E-state index in [1.165, 1.54) is 4.90 Å². The molecule has 44 heavy (non-hydrogen) atoms. The van der Waals surface area contributed by atoms with Gasteiger partial charge in [0.2, 0.25) is 11.8 Å². The minimum Gasteiger partial charge on any atom is -0.350 e. The molecule has 0 fully saturated rings. The number of sulfonamides is 1. The molecule has 0 aromatic heterocycles. The van der Waals surface area contributed by atoms with Crippen molar-refractivity contribution < 1.29 is 18.0 Å². The van der Waals surface area contributed by atoms with Crippen molar-refractivity contribution in [3.63, 3.8) is 0 Å². The molecule has 8 heteroatoms. The average Bonchev–Trinajstić information content (AvgIpc) is 2.98. The van der Waals surface area contributed by atoms with Crippen LogP contribution in [0.1, 0.15) is 43.0 Å². The molecular weight excluding hydrogens is 570 g/mol. The van der Waals surface area contributed by atoms with E-state index in [-0.39, 0.29) is 23.8 Å². The summed E-state index contributed by atoms with van der Waals surface area (Å²) in [5.74, 6) is -0.799. The molecule has 0 bridgehead atoms. The average molecular weight is 612 g/mol. The Hall–Kier alpha value is -4.43. The lowest BCUT2D eigenvalue weighted by Crippen LogP contribution is -2.56. The van der Waals surface area contributed by atoms with Crippen LogP contribution >= 0.6 is 0 Å². The first-order chi connectivity index (χ1) is 20.8. The lowest BCUT2D eigenvalue weighted by Gasteiger charge is -2.35. The van der Waals surface area contributed by atoms with Crippen LogP contribution in [0.4, 0.5) is 5.69 Å². The van der Waals surface area contributed by atoms with Gasteiger partial charge in [0.05, 0.1) is 10.6 Å². The van der Waals surface area contributed by atoms with Gasteiger partial charge in [-0.1, -0.05) is 96.6 Å². The third kappa shape index (κ3) is 8.35. The number of carbonyl (C=O) groups is 2. The van der Waals surface area contributed by atoms with Gasteiger partial charge in [-0.3, -0.25) is 13.9 Å². The molecule has 0 saturated carbocycles. The number of aryl methyl sites for hydroxylation is 2. The number of rotatable bonds is 11. The van der Waals surface area contributed by atoms with E-state index in [0.717, 1.165) is 21.0 Å². The van der Waals surface area contributed by atoms with Crippen LogP contribution < -0.4 is 9.62 Å². The monoisotopic (exact) mass is 611 g/mol. The summed E-state index contributed by atoms with van der Waals surface area (Å²) < 4.78 is 29.5. The number of nitrogens with zero attached hydrogens (tertiary/aromatic N) is 2. The highest BCUT2D eigenvalue weighted by Gasteiger charge is 2.35. The molecule has 4 aromatic carbocycles. The highest BCUT2D eigenvalue weighted by molar-refractivity contribution is 7.92. The molecule has 1 N–H and O–H groups in total. The van der Waals surface area contributed by atoms with Crippen LogP contribution in [-0.2, 0) is 32.6 Å². The predicted molar refractivity (Wildman–Crippen MR) is 176 cm³/mol. The minimum absolute atomic E-state index is 0.0834. The molecule has 4 aromatic rings. The number of para-hydroxylation sites is 1. The van der Waals surface area contributed by atoms with E-state index in [2.05, 4.69) is 5.32 Å². The fourth-order valence-electron chi connectivity index (χ4n) is 4.98. The third-order valence-corrected chi connectivity index (χ3v) is 9.01. The van der Waals surface area contributed by atoms with E-state index in [1.54, 1.807) is 36.4 Å². The van der Waals surface area contributed by atoms with Crippen molar-refractivity contribution in [1.82, 2.24) is 10.2 Å². The zero-order valence-corrected chi connectivity index (χ0v) is 26.8. The van der Waals surface area contributed by atoms with Crippen LogP contribution in [0.2, 0.25) is 0 Å². The van der Waals surface area contributed by atoms with E-state index in [1.807, 2.05) is 107 Å². The normalized spacial score (nSPS) is 12.3. The molecule has 230 valence electrons. The predicted octanol–water partition coefficient (Wildman–Crippen LogP) is 6.05. The van der Waals surface area contributed by atoms with E-state index < -0.39 is 34.1 Å². The lowest BCUT2D eigenvalue weighted by atomic mass is 10.0. The lowest BCUT2D eigenvalue weighted by molar-refractivity contribution is -0.140. The fourth-order valence-corrected chi connectivity index (χ4v) is 6.46. The topological polar surface area (TPSA) is 86.8 Å². The molecule has 0 unspecified atom stereocenters. The Balaban J connectivity index is 1.81. The maximum absolute atomic E-state index is 14.5. The molecule has 4 rings (SSSR count). The quantitative estimate of drug-likeness (QED) is 0.224. The van der Waals surface area contributed by atoms with Gasteiger partial charge in [0, 0.05) is 18.5 Å². The molecule has 7 nitrogen and oxygen atoms in total. The molecule has 0 saturated heterocycles. The van der Waals surface area contributed by atoms with Crippen LogP contribution in [-0.4, -0.2) is 43.3 Å². The Morgan fingerprint density at radius 2 is 1.30 bits per heavy atom. The summed E-state index contributed by atoms with van der Waals surface area (Å²) in [4.78, 5) is 30.0. The highest BCUT2D eigenvalue weighted by atomic mass is 32.2. The SMILES string of the molecule is Cc1ccc(S(=O)(=O)N(CC(=O)N(Cc2ccccc2)[C@@H](Cc2ccccc2)C(=O)NC(C)(C)C)c2ccccc2C)cc1. The summed E-state index contributed by atoms with van der Waals surface area (Å²) in [5, 5.41) is 3.05. The van der Waals surface area contributed by atoms with Gasteiger partial charge in [0.15, 0.2) is 0 Å².